The van der Waals surface area contributed by atoms with Crippen LogP contribution in [0.5, 0.6) is 0 Å². The molecule has 2 aliphatic rings. The number of hydrogen-bond acceptors (Lipinski definition) is 5. The summed E-state index contributed by atoms with van der Waals surface area (Å²) in [6.45, 7) is 2.40. The number of anilines is 1. The number of aromatic nitrogens is 1. The van der Waals surface area contributed by atoms with Gasteiger partial charge >= 0.3 is 6.03 Å². The molecule has 2 fully saturated rings. The van der Waals surface area contributed by atoms with Crippen LogP contribution in [0, 0.1) is 0 Å². The molecule has 0 saturated carbocycles. The first-order valence-electron chi connectivity index (χ1n) is 6.15. The van der Waals surface area contributed by atoms with Crippen LogP contribution in [0.2, 0.25) is 0 Å². The first-order chi connectivity index (χ1) is 9.13. The maximum atomic E-state index is 12.2. The first kappa shape index (κ1) is 12.2. The van der Waals surface area contributed by atoms with Gasteiger partial charge in [0.05, 0.1) is 18.2 Å². The van der Waals surface area contributed by atoms with E-state index in [0.29, 0.717) is 31.3 Å². The van der Waals surface area contributed by atoms with Crippen molar-refractivity contribution >= 4 is 28.4 Å². The van der Waals surface area contributed by atoms with Gasteiger partial charge in [-0.25, -0.2) is 9.78 Å². The van der Waals surface area contributed by atoms with Crippen molar-refractivity contribution in [3.05, 3.63) is 11.1 Å². The van der Waals surface area contributed by atoms with Crippen molar-refractivity contribution in [1.82, 2.24) is 20.1 Å². The predicted octanol–water partition coefficient (Wildman–Crippen LogP) is -0.496. The van der Waals surface area contributed by atoms with Crippen LogP contribution in [0.1, 0.15) is 5.69 Å². The summed E-state index contributed by atoms with van der Waals surface area (Å²) in [5, 5.41) is 5.09. The average molecular weight is 281 g/mol. The normalized spacial score (nSPS) is 22.3. The summed E-state index contributed by atoms with van der Waals surface area (Å²) < 4.78 is 0. The predicted molar refractivity (Wildman–Crippen MR) is 70.7 cm³/mol. The number of carbonyl (C=O) groups excluding carboxylic acids is 2. The third-order valence-electron chi connectivity index (χ3n) is 3.49. The Morgan fingerprint density at radius 1 is 1.58 bits per heavy atom. The molecule has 19 heavy (non-hydrogen) atoms. The first-order valence-corrected chi connectivity index (χ1v) is 7.03. The second kappa shape index (κ2) is 4.69. The van der Waals surface area contributed by atoms with E-state index in [1.165, 1.54) is 11.3 Å². The van der Waals surface area contributed by atoms with Gasteiger partial charge in [-0.05, 0) is 0 Å². The molecular formula is C11H15N5O2S. The molecule has 3 rings (SSSR count). The number of nitrogens with two attached hydrogens (primary N) is 1. The molecule has 1 aromatic rings. The van der Waals surface area contributed by atoms with E-state index in [4.69, 9.17) is 5.73 Å². The molecule has 2 aliphatic heterocycles. The molecule has 3 amide bonds. The lowest BCUT2D eigenvalue weighted by molar-refractivity contribution is -0.132. The molecule has 3 N–H and O–H groups in total. The fourth-order valence-corrected chi connectivity index (χ4v) is 3.06. The lowest BCUT2D eigenvalue weighted by Gasteiger charge is -2.36. The number of thiazole rings is 1. The van der Waals surface area contributed by atoms with E-state index in [1.807, 2.05) is 5.38 Å². The van der Waals surface area contributed by atoms with E-state index >= 15 is 0 Å². The zero-order valence-corrected chi connectivity index (χ0v) is 11.2. The number of rotatable bonds is 2. The molecule has 8 heteroatoms. The number of hydrogen-bond donors (Lipinski definition) is 2. The van der Waals surface area contributed by atoms with Crippen molar-refractivity contribution in [3.63, 3.8) is 0 Å². The number of amides is 3. The molecule has 2 saturated heterocycles. The Bertz CT molecular complexity index is 517. The highest BCUT2D eigenvalue weighted by Crippen LogP contribution is 2.16. The minimum atomic E-state index is -0.0237. The third kappa shape index (κ3) is 2.35. The largest absolute Gasteiger partial charge is 0.375 e. The SMILES string of the molecule is Nc1nc(CC(=O)N2CCN3C(=O)NCC3C2)cs1. The second-order valence-electron chi connectivity index (χ2n) is 4.73. The van der Waals surface area contributed by atoms with E-state index < -0.39 is 0 Å². The summed E-state index contributed by atoms with van der Waals surface area (Å²) >= 11 is 1.34. The molecule has 0 bridgehead atoms. The van der Waals surface area contributed by atoms with E-state index in [0.717, 1.165) is 5.69 Å². The Hall–Kier alpha value is -1.83. The molecule has 1 aromatic heterocycles. The monoisotopic (exact) mass is 281 g/mol. The van der Waals surface area contributed by atoms with Crippen LogP contribution in [0.4, 0.5) is 9.93 Å². The Labute approximate surface area is 114 Å². The zero-order valence-electron chi connectivity index (χ0n) is 10.3. The Morgan fingerprint density at radius 3 is 3.16 bits per heavy atom. The molecule has 0 spiro atoms. The molecule has 1 unspecified atom stereocenters. The quantitative estimate of drug-likeness (QED) is 0.765. The number of carbonyl (C=O) groups is 2. The smallest absolute Gasteiger partial charge is 0.317 e. The number of nitrogens with one attached hydrogen (secondary N) is 1. The van der Waals surface area contributed by atoms with Crippen molar-refractivity contribution in [1.29, 1.82) is 0 Å². The molecule has 0 radical (unpaired) electrons. The summed E-state index contributed by atoms with van der Waals surface area (Å²) in [7, 11) is 0. The van der Waals surface area contributed by atoms with Gasteiger partial charge in [0.15, 0.2) is 5.13 Å². The maximum absolute atomic E-state index is 12.2. The molecule has 0 aliphatic carbocycles. The summed E-state index contributed by atoms with van der Waals surface area (Å²) in [5.74, 6) is 0.0456. The van der Waals surface area contributed by atoms with Crippen molar-refractivity contribution in [2.24, 2.45) is 0 Å². The van der Waals surface area contributed by atoms with E-state index in [1.54, 1.807) is 9.80 Å². The van der Waals surface area contributed by atoms with Gasteiger partial charge in [-0.15, -0.1) is 11.3 Å². The molecule has 1 atom stereocenters. The summed E-state index contributed by atoms with van der Waals surface area (Å²) in [4.78, 5) is 31.3. The van der Waals surface area contributed by atoms with Gasteiger partial charge in [0.25, 0.3) is 0 Å². The molecular weight excluding hydrogens is 266 g/mol. The van der Waals surface area contributed by atoms with Gasteiger partial charge in [0, 0.05) is 31.6 Å². The molecule has 7 nitrogen and oxygen atoms in total. The molecule has 102 valence electrons. The van der Waals surface area contributed by atoms with Crippen molar-refractivity contribution in [3.8, 4) is 0 Å². The minimum Gasteiger partial charge on any atom is -0.375 e. The van der Waals surface area contributed by atoms with E-state index in [9.17, 15) is 9.59 Å². The zero-order chi connectivity index (χ0) is 13.4. The Balaban J connectivity index is 1.61. The van der Waals surface area contributed by atoms with Crippen LogP contribution in [0.25, 0.3) is 0 Å². The third-order valence-corrected chi connectivity index (χ3v) is 4.21. The highest BCUT2D eigenvalue weighted by Gasteiger charge is 2.36. The van der Waals surface area contributed by atoms with Gasteiger partial charge in [0.2, 0.25) is 5.91 Å². The molecule has 0 aromatic carbocycles. The number of nitrogens with zero attached hydrogens (tertiary/aromatic N) is 3. The standard InChI is InChI=1S/C11H15N5O2S/c12-10-14-7(6-19-10)3-9(17)15-1-2-16-8(5-15)4-13-11(16)18/h6,8H,1-5H2,(H2,12,14)(H,13,18). The van der Waals surface area contributed by atoms with Gasteiger partial charge in [-0.2, -0.15) is 0 Å². The van der Waals surface area contributed by atoms with Crippen molar-refractivity contribution in [2.75, 3.05) is 31.9 Å². The van der Waals surface area contributed by atoms with E-state index in [2.05, 4.69) is 10.3 Å². The van der Waals surface area contributed by atoms with Crippen LogP contribution in [-0.4, -0.2) is 58.9 Å². The van der Waals surface area contributed by atoms with Crippen LogP contribution < -0.4 is 11.1 Å². The Kier molecular flexibility index (Phi) is 3.02. The summed E-state index contributed by atoms with van der Waals surface area (Å²) in [5.41, 5.74) is 6.27. The van der Waals surface area contributed by atoms with Crippen LogP contribution in [0.3, 0.4) is 0 Å². The lowest BCUT2D eigenvalue weighted by atomic mass is 10.2. The number of nitrogen functional groups attached to an aromatic ring is 1. The fraction of sp³-hybridized carbons (Fsp3) is 0.545. The van der Waals surface area contributed by atoms with Gasteiger partial charge in [0.1, 0.15) is 0 Å². The average Bonchev–Trinajstić information content (AvgIpc) is 2.96. The van der Waals surface area contributed by atoms with Crippen molar-refractivity contribution in [2.45, 2.75) is 12.5 Å². The second-order valence-corrected chi connectivity index (χ2v) is 5.62. The van der Waals surface area contributed by atoms with Crippen LogP contribution in [-0.2, 0) is 11.2 Å². The number of piperazine rings is 1. The minimum absolute atomic E-state index is 0.0237. The number of urea groups is 1. The molecule has 3 heterocycles. The highest BCUT2D eigenvalue weighted by molar-refractivity contribution is 7.13. The summed E-state index contributed by atoms with van der Waals surface area (Å²) in [6.07, 6.45) is 0.280. The number of fused-ring (bicyclic) bond motifs is 1. The van der Waals surface area contributed by atoms with Crippen molar-refractivity contribution < 1.29 is 9.59 Å². The van der Waals surface area contributed by atoms with Gasteiger partial charge < -0.3 is 20.9 Å². The highest BCUT2D eigenvalue weighted by atomic mass is 32.1. The fourth-order valence-electron chi connectivity index (χ4n) is 2.50. The van der Waals surface area contributed by atoms with Gasteiger partial charge in [-0.3, -0.25) is 4.79 Å². The Morgan fingerprint density at radius 2 is 2.42 bits per heavy atom. The summed E-state index contributed by atoms with van der Waals surface area (Å²) in [6, 6.07) is 0.0788. The van der Waals surface area contributed by atoms with Gasteiger partial charge in [-0.1, -0.05) is 0 Å². The maximum Gasteiger partial charge on any atom is 0.317 e. The van der Waals surface area contributed by atoms with Crippen LogP contribution in [0.15, 0.2) is 5.38 Å². The van der Waals surface area contributed by atoms with E-state index in [-0.39, 0.29) is 24.4 Å². The topological polar surface area (TPSA) is 91.6 Å². The lowest BCUT2D eigenvalue weighted by Crippen LogP contribution is -2.54. The van der Waals surface area contributed by atoms with Crippen LogP contribution >= 0.6 is 11.3 Å².